The fraction of sp³-hybridized carbons (Fsp3) is 0.0417. The molecule has 0 unspecified atom stereocenters. The van der Waals surface area contributed by atoms with Crippen LogP contribution in [-0.4, -0.2) is 35.4 Å². The number of carbonyl (C=O) groups is 1. The molecule has 8 heteroatoms. The molecule has 5 rings (SSSR count). The minimum Gasteiger partial charge on any atom is -0.286 e. The Balaban J connectivity index is 1.40. The number of nitrogens with zero attached hydrogens (tertiary/aromatic N) is 6. The molecule has 0 atom stereocenters. The van der Waals surface area contributed by atoms with Crippen LogP contribution < -0.4 is 5.32 Å². The lowest BCUT2D eigenvalue weighted by Gasteiger charge is -2.05. The van der Waals surface area contributed by atoms with Gasteiger partial charge in [0.2, 0.25) is 11.8 Å². The quantitative estimate of drug-likeness (QED) is 0.450. The van der Waals surface area contributed by atoms with Crippen LogP contribution in [0, 0.1) is 0 Å². The van der Waals surface area contributed by atoms with Crippen LogP contribution in [-0.2, 0) is 6.54 Å². The maximum atomic E-state index is 12.9. The van der Waals surface area contributed by atoms with E-state index < -0.39 is 5.91 Å². The van der Waals surface area contributed by atoms with Crippen molar-refractivity contribution in [2.75, 3.05) is 5.32 Å². The Labute approximate surface area is 184 Å². The number of anilines is 1. The van der Waals surface area contributed by atoms with Gasteiger partial charge in [-0.25, -0.2) is 19.3 Å². The first-order valence-electron chi connectivity index (χ1n) is 10.1. The number of hydrogen-bond acceptors (Lipinski definition) is 5. The molecule has 3 aromatic carbocycles. The standard InChI is InChI=1S/C24H19N7O/c32-23(27-24-25-17-30(29-24)16-18-10-4-1-5-11-18)21-26-22(19-12-6-2-7-13-19)31(28-21)20-14-8-3-9-15-20/h1-15,17H,16H2,(H,27,29,32). The SMILES string of the molecule is O=C(Nc1ncn(Cc2ccccc2)n1)c1nc(-c2ccccc2)n(-c2ccccc2)n1. The zero-order chi connectivity index (χ0) is 21.8. The number of para-hydroxylation sites is 1. The van der Waals surface area contributed by atoms with Gasteiger partial charge in [0.25, 0.3) is 5.91 Å². The molecule has 0 fully saturated rings. The van der Waals surface area contributed by atoms with E-state index >= 15 is 0 Å². The van der Waals surface area contributed by atoms with Gasteiger partial charge in [0.05, 0.1) is 12.2 Å². The third-order valence-corrected chi connectivity index (χ3v) is 4.79. The van der Waals surface area contributed by atoms with Crippen molar-refractivity contribution < 1.29 is 4.79 Å². The Morgan fingerprint density at radius 1 is 0.812 bits per heavy atom. The Kier molecular flexibility index (Phi) is 5.24. The van der Waals surface area contributed by atoms with Crippen LogP contribution >= 0.6 is 0 Å². The summed E-state index contributed by atoms with van der Waals surface area (Å²) in [6.07, 6.45) is 1.58. The van der Waals surface area contributed by atoms with Gasteiger partial charge >= 0.3 is 0 Å². The molecular formula is C24H19N7O. The highest BCUT2D eigenvalue weighted by molar-refractivity contribution is 6.00. The summed E-state index contributed by atoms with van der Waals surface area (Å²) < 4.78 is 3.32. The zero-order valence-corrected chi connectivity index (χ0v) is 17.0. The Morgan fingerprint density at radius 3 is 2.19 bits per heavy atom. The maximum Gasteiger partial charge on any atom is 0.297 e. The van der Waals surface area contributed by atoms with Crippen LogP contribution in [0.2, 0.25) is 0 Å². The molecule has 0 radical (unpaired) electrons. The van der Waals surface area contributed by atoms with Crippen LogP contribution in [0.3, 0.4) is 0 Å². The van der Waals surface area contributed by atoms with E-state index in [2.05, 4.69) is 25.5 Å². The molecule has 2 aromatic heterocycles. The normalized spacial score (nSPS) is 10.8. The summed E-state index contributed by atoms with van der Waals surface area (Å²) in [6, 6.07) is 29.1. The van der Waals surface area contributed by atoms with Crippen molar-refractivity contribution in [3.8, 4) is 17.1 Å². The zero-order valence-electron chi connectivity index (χ0n) is 17.0. The lowest BCUT2D eigenvalue weighted by Crippen LogP contribution is -2.15. The van der Waals surface area contributed by atoms with Crippen molar-refractivity contribution in [3.05, 3.63) is 109 Å². The number of amides is 1. The minimum atomic E-state index is -0.477. The Bertz CT molecular complexity index is 1270. The number of rotatable bonds is 6. The van der Waals surface area contributed by atoms with Gasteiger partial charge in [-0.3, -0.25) is 10.1 Å². The lowest BCUT2D eigenvalue weighted by atomic mass is 10.2. The summed E-state index contributed by atoms with van der Waals surface area (Å²) in [4.78, 5) is 21.6. The molecular weight excluding hydrogens is 402 g/mol. The van der Waals surface area contributed by atoms with Gasteiger partial charge < -0.3 is 0 Å². The molecule has 0 aliphatic carbocycles. The van der Waals surface area contributed by atoms with E-state index in [9.17, 15) is 4.79 Å². The van der Waals surface area contributed by atoms with E-state index in [0.29, 0.717) is 12.4 Å². The fourth-order valence-corrected chi connectivity index (χ4v) is 3.29. The molecule has 0 aliphatic heterocycles. The molecule has 2 heterocycles. The predicted octanol–water partition coefficient (Wildman–Crippen LogP) is 3.83. The van der Waals surface area contributed by atoms with E-state index in [1.807, 2.05) is 91.0 Å². The molecule has 0 saturated carbocycles. The molecule has 0 bridgehead atoms. The molecule has 5 aromatic rings. The van der Waals surface area contributed by atoms with Gasteiger partial charge in [0, 0.05) is 5.56 Å². The number of hydrogen-bond donors (Lipinski definition) is 1. The number of nitrogens with one attached hydrogen (secondary N) is 1. The summed E-state index contributed by atoms with van der Waals surface area (Å²) >= 11 is 0. The first-order valence-corrected chi connectivity index (χ1v) is 10.1. The van der Waals surface area contributed by atoms with E-state index in [4.69, 9.17) is 0 Å². The second-order valence-electron chi connectivity index (χ2n) is 7.08. The van der Waals surface area contributed by atoms with E-state index in [0.717, 1.165) is 16.8 Å². The van der Waals surface area contributed by atoms with Gasteiger partial charge in [-0.1, -0.05) is 78.9 Å². The molecule has 0 aliphatic rings. The van der Waals surface area contributed by atoms with Crippen molar-refractivity contribution in [1.82, 2.24) is 29.5 Å². The fourth-order valence-electron chi connectivity index (χ4n) is 3.29. The van der Waals surface area contributed by atoms with E-state index in [-0.39, 0.29) is 11.8 Å². The van der Waals surface area contributed by atoms with Crippen LogP contribution in [0.1, 0.15) is 16.2 Å². The third kappa shape index (κ3) is 4.15. The van der Waals surface area contributed by atoms with Crippen molar-refractivity contribution in [2.45, 2.75) is 6.54 Å². The van der Waals surface area contributed by atoms with Gasteiger partial charge in [-0.15, -0.1) is 10.2 Å². The van der Waals surface area contributed by atoms with Crippen LogP contribution in [0.15, 0.2) is 97.3 Å². The van der Waals surface area contributed by atoms with Crippen LogP contribution in [0.25, 0.3) is 17.1 Å². The highest BCUT2D eigenvalue weighted by atomic mass is 16.2. The van der Waals surface area contributed by atoms with Crippen molar-refractivity contribution >= 4 is 11.9 Å². The lowest BCUT2D eigenvalue weighted by molar-refractivity contribution is 0.101. The average molecular weight is 421 g/mol. The van der Waals surface area contributed by atoms with Crippen molar-refractivity contribution in [3.63, 3.8) is 0 Å². The first kappa shape index (κ1) is 19.4. The van der Waals surface area contributed by atoms with Crippen molar-refractivity contribution in [1.29, 1.82) is 0 Å². The summed E-state index contributed by atoms with van der Waals surface area (Å²) in [6.45, 7) is 0.558. The van der Waals surface area contributed by atoms with Gasteiger partial charge in [0.1, 0.15) is 6.33 Å². The van der Waals surface area contributed by atoms with E-state index in [1.54, 1.807) is 15.7 Å². The average Bonchev–Trinajstić information content (AvgIpc) is 3.48. The highest BCUT2D eigenvalue weighted by Gasteiger charge is 2.20. The number of aromatic nitrogens is 6. The summed E-state index contributed by atoms with van der Waals surface area (Å²) in [7, 11) is 0. The Morgan fingerprint density at radius 2 is 1.47 bits per heavy atom. The smallest absolute Gasteiger partial charge is 0.286 e. The van der Waals surface area contributed by atoms with Crippen molar-refractivity contribution in [2.24, 2.45) is 0 Å². The van der Waals surface area contributed by atoms with Gasteiger partial charge in [-0.05, 0) is 17.7 Å². The van der Waals surface area contributed by atoms with Crippen LogP contribution in [0.4, 0.5) is 5.95 Å². The van der Waals surface area contributed by atoms with Gasteiger partial charge in [0.15, 0.2) is 5.82 Å². The molecule has 32 heavy (non-hydrogen) atoms. The van der Waals surface area contributed by atoms with E-state index in [1.165, 1.54) is 0 Å². The molecule has 156 valence electrons. The summed E-state index contributed by atoms with van der Waals surface area (Å²) in [5, 5.41) is 11.5. The van der Waals surface area contributed by atoms with Gasteiger partial charge in [-0.2, -0.15) is 0 Å². The minimum absolute atomic E-state index is 0.0344. The molecule has 0 saturated heterocycles. The second kappa shape index (κ2) is 8.65. The molecule has 0 spiro atoms. The molecule has 1 amide bonds. The largest absolute Gasteiger partial charge is 0.297 e. The molecule has 1 N–H and O–H groups in total. The second-order valence-corrected chi connectivity index (χ2v) is 7.08. The number of benzene rings is 3. The summed E-state index contributed by atoms with van der Waals surface area (Å²) in [5.74, 6) is 0.328. The number of carbonyl (C=O) groups excluding carboxylic acids is 1. The maximum absolute atomic E-state index is 12.9. The highest BCUT2D eigenvalue weighted by Crippen LogP contribution is 2.21. The van der Waals surface area contributed by atoms with Crippen LogP contribution in [0.5, 0.6) is 0 Å². The Hall–Kier alpha value is -4.59. The third-order valence-electron chi connectivity index (χ3n) is 4.79. The first-order chi connectivity index (χ1) is 15.8. The summed E-state index contributed by atoms with van der Waals surface area (Å²) in [5.41, 5.74) is 2.75. The molecule has 8 nitrogen and oxygen atoms in total. The predicted molar refractivity (Wildman–Crippen MR) is 120 cm³/mol. The topological polar surface area (TPSA) is 90.5 Å². The monoisotopic (exact) mass is 421 g/mol.